The van der Waals surface area contributed by atoms with Crippen molar-refractivity contribution in [2.24, 2.45) is 0 Å². The van der Waals surface area contributed by atoms with Gasteiger partial charge in [0.1, 0.15) is 18.0 Å². The van der Waals surface area contributed by atoms with Gasteiger partial charge in [-0.3, -0.25) is 4.79 Å². The third-order valence-electron chi connectivity index (χ3n) is 3.90. The number of rotatable bonds is 6. The molecule has 23 heavy (non-hydrogen) atoms. The lowest BCUT2D eigenvalue weighted by molar-refractivity contribution is -0.125. The minimum absolute atomic E-state index is 0.0344. The van der Waals surface area contributed by atoms with E-state index in [9.17, 15) is 9.59 Å². The van der Waals surface area contributed by atoms with E-state index in [1.54, 1.807) is 12.1 Å². The SMILES string of the molecule is CC(=O)CCC(=O)NC1CCC(Oc2ccc(C#N)cn2)CC1. The highest BCUT2D eigenvalue weighted by Gasteiger charge is 2.23. The molecule has 1 aromatic rings. The summed E-state index contributed by atoms with van der Waals surface area (Å²) in [5.41, 5.74) is 0.509. The van der Waals surface area contributed by atoms with Crippen molar-refractivity contribution in [3.05, 3.63) is 23.9 Å². The Morgan fingerprint density at radius 2 is 2.04 bits per heavy atom. The van der Waals surface area contributed by atoms with Crippen molar-refractivity contribution in [3.63, 3.8) is 0 Å². The Balaban J connectivity index is 1.72. The fraction of sp³-hybridized carbons (Fsp3) is 0.529. The molecule has 1 aromatic heterocycles. The van der Waals surface area contributed by atoms with E-state index in [1.165, 1.54) is 13.1 Å². The number of nitriles is 1. The largest absolute Gasteiger partial charge is 0.474 e. The lowest BCUT2D eigenvalue weighted by Gasteiger charge is -2.29. The van der Waals surface area contributed by atoms with Crippen LogP contribution in [0, 0.1) is 11.3 Å². The van der Waals surface area contributed by atoms with E-state index >= 15 is 0 Å². The van der Waals surface area contributed by atoms with E-state index in [2.05, 4.69) is 10.3 Å². The number of hydrogen-bond acceptors (Lipinski definition) is 5. The van der Waals surface area contributed by atoms with Gasteiger partial charge in [0, 0.05) is 31.1 Å². The lowest BCUT2D eigenvalue weighted by atomic mass is 9.93. The summed E-state index contributed by atoms with van der Waals surface area (Å²) in [5.74, 6) is 0.503. The molecular formula is C17H21N3O3. The Bertz CT molecular complexity index is 584. The number of Topliss-reactive ketones (excluding diaryl/α,β-unsaturated/α-hetero) is 1. The minimum Gasteiger partial charge on any atom is -0.474 e. The van der Waals surface area contributed by atoms with Crippen LogP contribution in [0.5, 0.6) is 5.88 Å². The summed E-state index contributed by atoms with van der Waals surface area (Å²) in [6, 6.07) is 5.56. The Labute approximate surface area is 135 Å². The minimum atomic E-state index is -0.0571. The Hall–Kier alpha value is -2.42. The van der Waals surface area contributed by atoms with Crippen LogP contribution in [0.1, 0.15) is 51.0 Å². The highest BCUT2D eigenvalue weighted by Crippen LogP contribution is 2.23. The number of carbonyl (C=O) groups is 2. The summed E-state index contributed by atoms with van der Waals surface area (Å²) >= 11 is 0. The van der Waals surface area contributed by atoms with Crippen LogP contribution >= 0.6 is 0 Å². The molecule has 122 valence electrons. The monoisotopic (exact) mass is 315 g/mol. The number of amides is 1. The number of hydrogen-bond donors (Lipinski definition) is 1. The fourth-order valence-electron chi connectivity index (χ4n) is 2.60. The molecule has 0 aliphatic heterocycles. The molecule has 1 saturated carbocycles. The summed E-state index contributed by atoms with van der Waals surface area (Å²) < 4.78 is 5.81. The molecule has 6 heteroatoms. The molecule has 0 unspecified atom stereocenters. The molecule has 2 rings (SSSR count). The second-order valence-electron chi connectivity index (χ2n) is 5.86. The Morgan fingerprint density at radius 1 is 1.30 bits per heavy atom. The number of pyridine rings is 1. The van der Waals surface area contributed by atoms with Crippen LogP contribution in [0.3, 0.4) is 0 Å². The molecule has 1 aliphatic rings. The molecule has 1 fully saturated rings. The van der Waals surface area contributed by atoms with Crippen LogP contribution in [-0.2, 0) is 9.59 Å². The summed E-state index contributed by atoms with van der Waals surface area (Å²) in [4.78, 5) is 26.7. The molecule has 0 radical (unpaired) electrons. The van der Waals surface area contributed by atoms with Gasteiger partial charge in [-0.15, -0.1) is 0 Å². The van der Waals surface area contributed by atoms with Gasteiger partial charge in [-0.1, -0.05) is 0 Å². The highest BCUT2D eigenvalue weighted by atomic mass is 16.5. The predicted octanol–water partition coefficient (Wildman–Crippen LogP) is 2.13. The average Bonchev–Trinajstić information content (AvgIpc) is 2.55. The topological polar surface area (TPSA) is 92.1 Å². The van der Waals surface area contributed by atoms with Gasteiger partial charge in [0.05, 0.1) is 5.56 Å². The lowest BCUT2D eigenvalue weighted by Crippen LogP contribution is -2.39. The first-order valence-corrected chi connectivity index (χ1v) is 7.88. The van der Waals surface area contributed by atoms with Crippen LogP contribution in [0.4, 0.5) is 0 Å². The van der Waals surface area contributed by atoms with Crippen LogP contribution in [-0.4, -0.2) is 28.8 Å². The van der Waals surface area contributed by atoms with Gasteiger partial charge in [0.15, 0.2) is 0 Å². The molecular weight excluding hydrogens is 294 g/mol. The van der Waals surface area contributed by atoms with E-state index in [4.69, 9.17) is 10.00 Å². The second kappa shape index (κ2) is 8.28. The van der Waals surface area contributed by atoms with Crippen molar-refractivity contribution in [3.8, 4) is 11.9 Å². The van der Waals surface area contributed by atoms with E-state index in [-0.39, 0.29) is 30.3 Å². The zero-order valence-electron chi connectivity index (χ0n) is 13.2. The summed E-state index contributed by atoms with van der Waals surface area (Å²) in [7, 11) is 0. The third-order valence-corrected chi connectivity index (χ3v) is 3.90. The number of ether oxygens (including phenoxy) is 1. The smallest absolute Gasteiger partial charge is 0.220 e. The number of nitrogens with zero attached hydrogens (tertiary/aromatic N) is 2. The van der Waals surface area contributed by atoms with Crippen molar-refractivity contribution in [2.45, 2.75) is 57.6 Å². The molecule has 6 nitrogen and oxygen atoms in total. The van der Waals surface area contributed by atoms with Gasteiger partial charge in [-0.05, 0) is 38.7 Å². The van der Waals surface area contributed by atoms with Crippen LogP contribution in [0.15, 0.2) is 18.3 Å². The second-order valence-corrected chi connectivity index (χ2v) is 5.86. The first-order valence-electron chi connectivity index (χ1n) is 7.88. The molecule has 0 saturated heterocycles. The van der Waals surface area contributed by atoms with Gasteiger partial charge in [0.25, 0.3) is 0 Å². The number of nitrogens with one attached hydrogen (secondary N) is 1. The normalized spacial score (nSPS) is 20.3. The maximum absolute atomic E-state index is 11.7. The zero-order chi connectivity index (χ0) is 16.7. The average molecular weight is 315 g/mol. The molecule has 0 atom stereocenters. The number of aromatic nitrogens is 1. The summed E-state index contributed by atoms with van der Waals surface area (Å²) in [6.07, 6.45) is 5.55. The van der Waals surface area contributed by atoms with E-state index in [0.29, 0.717) is 17.9 Å². The Kier molecular flexibility index (Phi) is 6.10. The predicted molar refractivity (Wildman–Crippen MR) is 83.7 cm³/mol. The van der Waals surface area contributed by atoms with E-state index in [0.717, 1.165) is 25.7 Å². The van der Waals surface area contributed by atoms with E-state index < -0.39 is 0 Å². The Morgan fingerprint density at radius 3 is 2.61 bits per heavy atom. The molecule has 1 amide bonds. The van der Waals surface area contributed by atoms with Gasteiger partial charge >= 0.3 is 0 Å². The first-order chi connectivity index (χ1) is 11.1. The van der Waals surface area contributed by atoms with Crippen molar-refractivity contribution in [1.29, 1.82) is 5.26 Å². The molecule has 0 aromatic carbocycles. The van der Waals surface area contributed by atoms with Crippen molar-refractivity contribution < 1.29 is 14.3 Å². The fourth-order valence-corrected chi connectivity index (χ4v) is 2.60. The van der Waals surface area contributed by atoms with Crippen LogP contribution < -0.4 is 10.1 Å². The maximum Gasteiger partial charge on any atom is 0.220 e. The summed E-state index contributed by atoms with van der Waals surface area (Å²) in [6.45, 7) is 1.49. The molecule has 0 spiro atoms. The standard InChI is InChI=1S/C17H21N3O3/c1-12(21)2-8-16(22)20-14-4-6-15(7-5-14)23-17-9-3-13(10-18)11-19-17/h3,9,11,14-15H,2,4-8H2,1H3,(H,20,22). The van der Waals surface area contributed by atoms with Gasteiger partial charge in [-0.25, -0.2) is 4.98 Å². The first kappa shape index (κ1) is 16.9. The molecule has 0 bridgehead atoms. The highest BCUT2D eigenvalue weighted by molar-refractivity contribution is 5.83. The molecule has 1 aliphatic carbocycles. The van der Waals surface area contributed by atoms with E-state index in [1.807, 2.05) is 6.07 Å². The van der Waals surface area contributed by atoms with Gasteiger partial charge < -0.3 is 14.8 Å². The zero-order valence-corrected chi connectivity index (χ0v) is 13.2. The molecule has 1 heterocycles. The maximum atomic E-state index is 11.7. The summed E-state index contributed by atoms with van der Waals surface area (Å²) in [5, 5.41) is 11.7. The van der Waals surface area contributed by atoms with Crippen LogP contribution in [0.2, 0.25) is 0 Å². The number of ketones is 1. The van der Waals surface area contributed by atoms with Gasteiger partial charge in [-0.2, -0.15) is 5.26 Å². The van der Waals surface area contributed by atoms with Crippen molar-refractivity contribution in [2.75, 3.05) is 0 Å². The number of carbonyl (C=O) groups excluding carboxylic acids is 2. The van der Waals surface area contributed by atoms with Crippen LogP contribution in [0.25, 0.3) is 0 Å². The van der Waals surface area contributed by atoms with Crippen molar-refractivity contribution in [1.82, 2.24) is 10.3 Å². The van der Waals surface area contributed by atoms with Gasteiger partial charge in [0.2, 0.25) is 11.8 Å². The third kappa shape index (κ3) is 5.70. The quantitative estimate of drug-likeness (QED) is 0.868. The molecule has 1 N–H and O–H groups in total. The van der Waals surface area contributed by atoms with Crippen molar-refractivity contribution >= 4 is 11.7 Å².